The average molecular weight is 422 g/mol. The molecule has 4 heterocycles. The SMILES string of the molecule is NC(=O)c1cnc(Cc2ccc(N3CCCCC3=O)cn2)cc1NCc1cccs1. The largest absolute Gasteiger partial charge is 0.379 e. The maximum Gasteiger partial charge on any atom is 0.252 e. The summed E-state index contributed by atoms with van der Waals surface area (Å²) in [6.07, 6.45) is 6.34. The highest BCUT2D eigenvalue weighted by Crippen LogP contribution is 2.22. The van der Waals surface area contributed by atoms with E-state index >= 15 is 0 Å². The van der Waals surface area contributed by atoms with Crippen molar-refractivity contribution in [2.45, 2.75) is 32.2 Å². The van der Waals surface area contributed by atoms with Gasteiger partial charge in [0.2, 0.25) is 5.91 Å². The number of thiophene rings is 1. The molecule has 1 fully saturated rings. The average Bonchev–Trinajstić information content (AvgIpc) is 3.27. The molecule has 0 spiro atoms. The molecule has 7 nitrogen and oxygen atoms in total. The number of aromatic nitrogens is 2. The van der Waals surface area contributed by atoms with Crippen molar-refractivity contribution in [1.29, 1.82) is 0 Å². The lowest BCUT2D eigenvalue weighted by Gasteiger charge is -2.26. The van der Waals surface area contributed by atoms with E-state index in [1.54, 1.807) is 22.4 Å². The zero-order chi connectivity index (χ0) is 20.9. The maximum absolute atomic E-state index is 12.1. The lowest BCUT2D eigenvalue weighted by Crippen LogP contribution is -2.35. The van der Waals surface area contributed by atoms with E-state index in [4.69, 9.17) is 5.73 Å². The van der Waals surface area contributed by atoms with Gasteiger partial charge in [-0.15, -0.1) is 11.3 Å². The van der Waals surface area contributed by atoms with Crippen LogP contribution in [0.5, 0.6) is 0 Å². The number of hydrogen-bond donors (Lipinski definition) is 2. The number of amides is 2. The Morgan fingerprint density at radius 2 is 2.03 bits per heavy atom. The molecular weight excluding hydrogens is 398 g/mol. The van der Waals surface area contributed by atoms with E-state index in [2.05, 4.69) is 15.3 Å². The molecule has 4 rings (SSSR count). The number of nitrogens with one attached hydrogen (secondary N) is 1. The van der Waals surface area contributed by atoms with E-state index in [0.717, 1.165) is 41.3 Å². The summed E-state index contributed by atoms with van der Waals surface area (Å²) in [4.78, 5) is 35.7. The Hall–Kier alpha value is -3.26. The molecule has 3 aromatic rings. The van der Waals surface area contributed by atoms with Crippen molar-refractivity contribution in [1.82, 2.24) is 9.97 Å². The van der Waals surface area contributed by atoms with Gasteiger partial charge in [0.15, 0.2) is 0 Å². The van der Waals surface area contributed by atoms with Gasteiger partial charge < -0.3 is 16.0 Å². The van der Waals surface area contributed by atoms with E-state index in [-0.39, 0.29) is 5.91 Å². The van der Waals surface area contributed by atoms with Crippen molar-refractivity contribution in [3.05, 3.63) is 69.9 Å². The van der Waals surface area contributed by atoms with Gasteiger partial charge in [-0.25, -0.2) is 0 Å². The second kappa shape index (κ2) is 9.04. The number of rotatable bonds is 7. The molecule has 0 unspecified atom stereocenters. The fraction of sp³-hybridized carbons (Fsp3) is 0.273. The third-order valence-electron chi connectivity index (χ3n) is 5.07. The van der Waals surface area contributed by atoms with Gasteiger partial charge in [-0.1, -0.05) is 6.07 Å². The first kappa shape index (κ1) is 20.0. The van der Waals surface area contributed by atoms with Gasteiger partial charge in [0.05, 0.1) is 23.1 Å². The van der Waals surface area contributed by atoms with Crippen LogP contribution in [0.25, 0.3) is 0 Å². The monoisotopic (exact) mass is 421 g/mol. The van der Waals surface area contributed by atoms with Crippen molar-refractivity contribution < 1.29 is 9.59 Å². The Morgan fingerprint density at radius 3 is 2.73 bits per heavy atom. The van der Waals surface area contributed by atoms with Crippen LogP contribution in [0, 0.1) is 0 Å². The summed E-state index contributed by atoms with van der Waals surface area (Å²) in [5.74, 6) is -0.364. The van der Waals surface area contributed by atoms with Crippen LogP contribution in [0.3, 0.4) is 0 Å². The molecule has 0 saturated carbocycles. The zero-order valence-corrected chi connectivity index (χ0v) is 17.3. The van der Waals surface area contributed by atoms with Crippen LogP contribution in [0.4, 0.5) is 11.4 Å². The highest BCUT2D eigenvalue weighted by Gasteiger charge is 2.19. The van der Waals surface area contributed by atoms with Crippen LogP contribution in [-0.2, 0) is 17.8 Å². The standard InChI is InChI=1S/C22H23N5O2S/c23-22(29)19-14-25-16(11-20(19)26-13-18-4-3-9-30-18)10-15-6-7-17(12-24-15)27-8-2-1-5-21(27)28/h3-4,6-7,9,11-12,14H,1-2,5,8,10,13H2,(H2,23,29)(H,25,26). The number of primary amides is 1. The zero-order valence-electron chi connectivity index (χ0n) is 16.5. The number of nitrogens with zero attached hydrogens (tertiary/aromatic N) is 3. The molecular formula is C22H23N5O2S. The second-order valence-corrected chi connectivity index (χ2v) is 8.24. The minimum Gasteiger partial charge on any atom is -0.379 e. The predicted molar refractivity (Wildman–Crippen MR) is 118 cm³/mol. The van der Waals surface area contributed by atoms with Crippen LogP contribution < -0.4 is 16.0 Å². The van der Waals surface area contributed by atoms with Crippen LogP contribution in [0.15, 0.2) is 48.1 Å². The number of pyridine rings is 2. The third kappa shape index (κ3) is 4.65. The van der Waals surface area contributed by atoms with E-state index in [0.29, 0.717) is 30.6 Å². The summed E-state index contributed by atoms with van der Waals surface area (Å²) in [7, 11) is 0. The molecule has 0 bridgehead atoms. The first-order chi connectivity index (χ1) is 14.6. The molecule has 1 aliphatic heterocycles. The van der Waals surface area contributed by atoms with Crippen molar-refractivity contribution in [3.63, 3.8) is 0 Å². The number of hydrogen-bond acceptors (Lipinski definition) is 6. The Bertz CT molecular complexity index is 1030. The molecule has 3 aromatic heterocycles. The van der Waals surface area contributed by atoms with Crippen molar-refractivity contribution in [3.8, 4) is 0 Å². The summed E-state index contributed by atoms with van der Waals surface area (Å²) < 4.78 is 0. The molecule has 2 amide bonds. The van der Waals surface area contributed by atoms with Crippen LogP contribution in [-0.4, -0.2) is 28.3 Å². The molecule has 0 atom stereocenters. The quantitative estimate of drug-likeness (QED) is 0.609. The predicted octanol–water partition coefficient (Wildman–Crippen LogP) is 3.36. The number of carbonyl (C=O) groups excluding carboxylic acids is 2. The van der Waals surface area contributed by atoms with Gasteiger partial charge in [-0.05, 0) is 42.5 Å². The topological polar surface area (TPSA) is 101 Å². The number of anilines is 2. The molecule has 30 heavy (non-hydrogen) atoms. The summed E-state index contributed by atoms with van der Waals surface area (Å²) in [6.45, 7) is 1.35. The highest BCUT2D eigenvalue weighted by atomic mass is 32.1. The molecule has 0 aliphatic carbocycles. The van der Waals surface area contributed by atoms with Crippen LogP contribution in [0.2, 0.25) is 0 Å². The van der Waals surface area contributed by atoms with Crippen molar-refractivity contribution >= 4 is 34.5 Å². The second-order valence-electron chi connectivity index (χ2n) is 7.21. The fourth-order valence-electron chi connectivity index (χ4n) is 3.48. The van der Waals surface area contributed by atoms with Gasteiger partial charge in [-0.2, -0.15) is 0 Å². The van der Waals surface area contributed by atoms with Crippen molar-refractivity contribution in [2.24, 2.45) is 5.73 Å². The lowest BCUT2D eigenvalue weighted by molar-refractivity contribution is -0.119. The van der Waals surface area contributed by atoms with E-state index in [1.165, 1.54) is 6.20 Å². The smallest absolute Gasteiger partial charge is 0.252 e. The van der Waals surface area contributed by atoms with Gasteiger partial charge >= 0.3 is 0 Å². The molecule has 0 radical (unpaired) electrons. The fourth-order valence-corrected chi connectivity index (χ4v) is 4.12. The van der Waals surface area contributed by atoms with Gasteiger partial charge in [-0.3, -0.25) is 19.6 Å². The van der Waals surface area contributed by atoms with Gasteiger partial charge in [0.25, 0.3) is 5.91 Å². The van der Waals surface area contributed by atoms with Crippen LogP contribution >= 0.6 is 11.3 Å². The molecule has 1 saturated heterocycles. The molecule has 1 aliphatic rings. The lowest BCUT2D eigenvalue weighted by atomic mass is 10.1. The Labute approximate surface area is 179 Å². The van der Waals surface area contributed by atoms with Crippen molar-refractivity contribution in [2.75, 3.05) is 16.8 Å². The minimum absolute atomic E-state index is 0.154. The molecule has 0 aromatic carbocycles. The van der Waals surface area contributed by atoms with E-state index < -0.39 is 5.91 Å². The number of piperidine rings is 1. The third-order valence-corrected chi connectivity index (χ3v) is 5.94. The minimum atomic E-state index is -0.517. The molecule has 3 N–H and O–H groups in total. The van der Waals surface area contributed by atoms with E-state index in [1.807, 2.05) is 35.7 Å². The summed E-state index contributed by atoms with van der Waals surface area (Å²) >= 11 is 1.64. The normalized spacial score (nSPS) is 14.0. The highest BCUT2D eigenvalue weighted by molar-refractivity contribution is 7.09. The Kier molecular flexibility index (Phi) is 6.04. The maximum atomic E-state index is 12.1. The summed E-state index contributed by atoms with van der Waals surface area (Å²) in [5, 5.41) is 5.30. The number of carbonyl (C=O) groups is 2. The van der Waals surface area contributed by atoms with Crippen LogP contribution in [0.1, 0.15) is 45.9 Å². The van der Waals surface area contributed by atoms with Gasteiger partial charge in [0.1, 0.15) is 0 Å². The first-order valence-corrected chi connectivity index (χ1v) is 10.8. The van der Waals surface area contributed by atoms with E-state index in [9.17, 15) is 9.59 Å². The van der Waals surface area contributed by atoms with Gasteiger partial charge in [0, 0.05) is 48.4 Å². The number of nitrogens with two attached hydrogens (primary N) is 1. The molecule has 154 valence electrons. The Balaban J connectivity index is 1.49. The molecule has 8 heteroatoms. The summed E-state index contributed by atoms with van der Waals surface area (Å²) in [6, 6.07) is 9.71. The summed E-state index contributed by atoms with van der Waals surface area (Å²) in [5.41, 5.74) is 8.98. The first-order valence-electron chi connectivity index (χ1n) is 9.90. The Morgan fingerprint density at radius 1 is 1.17 bits per heavy atom.